The number of hydrogen-bond donors (Lipinski definition) is 1. The van der Waals surface area contributed by atoms with Gasteiger partial charge in [0.2, 0.25) is 0 Å². The fourth-order valence-corrected chi connectivity index (χ4v) is 5.41. The standard InChI is InChI=1S/C28H24ClNO2S/c1-20-12-15-25(16-13-20)33(32)28(22-10-6-3-7-11-22)27(21-8-4-2-5-9-21)30-19-23-18-24(29)14-17-26(23)31/h2-19,27-28,31H,1H3/t27-,28+,33-/m0/s1. The minimum Gasteiger partial charge on any atom is -0.507 e. The summed E-state index contributed by atoms with van der Waals surface area (Å²) in [6, 6.07) is 31.8. The number of aliphatic imine (C=N–C) groups is 1. The van der Waals surface area contributed by atoms with Crippen molar-refractivity contribution < 1.29 is 9.32 Å². The van der Waals surface area contributed by atoms with E-state index >= 15 is 0 Å². The molecule has 0 saturated carbocycles. The number of rotatable bonds is 7. The molecule has 0 aliphatic carbocycles. The van der Waals surface area contributed by atoms with E-state index in [1.54, 1.807) is 24.4 Å². The Bertz CT molecular complexity index is 1260. The van der Waals surface area contributed by atoms with Crippen molar-refractivity contribution in [3.05, 3.63) is 130 Å². The Labute approximate surface area is 201 Å². The zero-order valence-electron chi connectivity index (χ0n) is 18.1. The van der Waals surface area contributed by atoms with E-state index in [9.17, 15) is 9.32 Å². The average molecular weight is 474 g/mol. The van der Waals surface area contributed by atoms with Crippen LogP contribution < -0.4 is 0 Å². The summed E-state index contributed by atoms with van der Waals surface area (Å²) in [5.41, 5.74) is 3.49. The highest BCUT2D eigenvalue weighted by Crippen LogP contribution is 2.39. The topological polar surface area (TPSA) is 49.7 Å². The van der Waals surface area contributed by atoms with Crippen molar-refractivity contribution >= 4 is 28.6 Å². The third kappa shape index (κ3) is 5.59. The van der Waals surface area contributed by atoms with Gasteiger partial charge in [-0.25, -0.2) is 0 Å². The average Bonchev–Trinajstić information content (AvgIpc) is 2.85. The number of halogens is 1. The summed E-state index contributed by atoms with van der Waals surface area (Å²) in [6.07, 6.45) is 1.61. The van der Waals surface area contributed by atoms with E-state index in [1.807, 2.05) is 91.9 Å². The molecule has 5 heteroatoms. The molecule has 0 radical (unpaired) electrons. The van der Waals surface area contributed by atoms with Gasteiger partial charge in [-0.1, -0.05) is 90.0 Å². The largest absolute Gasteiger partial charge is 0.507 e. The van der Waals surface area contributed by atoms with Crippen LogP contribution in [0, 0.1) is 6.92 Å². The normalized spacial score (nSPS) is 14.1. The lowest BCUT2D eigenvalue weighted by Crippen LogP contribution is -2.16. The summed E-state index contributed by atoms with van der Waals surface area (Å²) < 4.78 is 14.0. The van der Waals surface area contributed by atoms with Gasteiger partial charge < -0.3 is 5.11 Å². The lowest BCUT2D eigenvalue weighted by molar-refractivity contribution is 0.474. The fraction of sp³-hybridized carbons (Fsp3) is 0.107. The minimum absolute atomic E-state index is 0.0888. The molecule has 4 rings (SSSR count). The molecule has 4 aromatic carbocycles. The molecule has 3 atom stereocenters. The summed E-state index contributed by atoms with van der Waals surface area (Å²) in [7, 11) is -1.38. The van der Waals surface area contributed by atoms with Crippen molar-refractivity contribution in [1.29, 1.82) is 0 Å². The van der Waals surface area contributed by atoms with E-state index in [1.165, 1.54) is 0 Å². The second-order valence-electron chi connectivity index (χ2n) is 7.78. The van der Waals surface area contributed by atoms with E-state index in [0.717, 1.165) is 21.6 Å². The van der Waals surface area contributed by atoms with Crippen LogP contribution in [-0.2, 0) is 10.8 Å². The third-order valence-corrected chi connectivity index (χ3v) is 7.37. The quantitative estimate of drug-likeness (QED) is 0.292. The molecular weight excluding hydrogens is 450 g/mol. The SMILES string of the molecule is Cc1ccc([S@](=O)[C@H](c2ccccc2)[C@@H](N=Cc2cc(Cl)ccc2O)c2ccccc2)cc1. The molecule has 0 amide bonds. The number of benzene rings is 4. The van der Waals surface area contributed by atoms with Gasteiger partial charge in [-0.15, -0.1) is 0 Å². The molecule has 33 heavy (non-hydrogen) atoms. The van der Waals surface area contributed by atoms with Crippen LogP contribution in [0.2, 0.25) is 5.02 Å². The first-order valence-corrected chi connectivity index (χ1v) is 12.2. The van der Waals surface area contributed by atoms with Crippen molar-refractivity contribution in [2.45, 2.75) is 23.1 Å². The van der Waals surface area contributed by atoms with Gasteiger partial charge in [0.15, 0.2) is 0 Å². The van der Waals surface area contributed by atoms with Gasteiger partial charge >= 0.3 is 0 Å². The minimum atomic E-state index is -1.38. The summed E-state index contributed by atoms with van der Waals surface area (Å²) in [5, 5.41) is 10.3. The monoisotopic (exact) mass is 473 g/mol. The van der Waals surface area contributed by atoms with Crippen LogP contribution in [0.5, 0.6) is 5.75 Å². The Morgan fingerprint density at radius 2 is 1.45 bits per heavy atom. The third-order valence-electron chi connectivity index (χ3n) is 5.40. The van der Waals surface area contributed by atoms with Crippen LogP contribution in [0.25, 0.3) is 0 Å². The molecule has 0 heterocycles. The molecule has 0 aliphatic rings. The van der Waals surface area contributed by atoms with Gasteiger partial charge in [0.1, 0.15) is 5.75 Å². The Morgan fingerprint density at radius 1 is 0.848 bits per heavy atom. The lowest BCUT2D eigenvalue weighted by atomic mass is 9.98. The second kappa shape index (κ2) is 10.6. The van der Waals surface area contributed by atoms with E-state index in [2.05, 4.69) is 0 Å². The number of hydrogen-bond acceptors (Lipinski definition) is 3. The zero-order chi connectivity index (χ0) is 23.2. The maximum atomic E-state index is 14.0. The summed E-state index contributed by atoms with van der Waals surface area (Å²) in [5.74, 6) is 0.0888. The number of phenols is 1. The zero-order valence-corrected chi connectivity index (χ0v) is 19.7. The molecule has 0 saturated heterocycles. The molecule has 166 valence electrons. The first-order valence-electron chi connectivity index (χ1n) is 10.6. The summed E-state index contributed by atoms with van der Waals surface area (Å²) in [6.45, 7) is 2.01. The second-order valence-corrected chi connectivity index (χ2v) is 9.79. The molecular formula is C28H24ClNO2S. The van der Waals surface area contributed by atoms with Crippen molar-refractivity contribution in [3.63, 3.8) is 0 Å². The molecule has 0 unspecified atom stereocenters. The Hall–Kier alpha value is -3.21. The number of aromatic hydroxyl groups is 1. The van der Waals surface area contributed by atoms with Crippen molar-refractivity contribution in [1.82, 2.24) is 0 Å². The van der Waals surface area contributed by atoms with Crippen LogP contribution in [0.1, 0.15) is 33.5 Å². The van der Waals surface area contributed by atoms with Crippen molar-refractivity contribution in [2.75, 3.05) is 0 Å². The van der Waals surface area contributed by atoms with Crippen LogP contribution >= 0.6 is 11.6 Å². The van der Waals surface area contributed by atoms with Gasteiger partial charge in [-0.05, 0) is 48.4 Å². The molecule has 3 nitrogen and oxygen atoms in total. The molecule has 1 N–H and O–H groups in total. The molecule has 0 aromatic heterocycles. The number of phenolic OH excluding ortho intramolecular Hbond substituents is 1. The van der Waals surface area contributed by atoms with E-state index in [-0.39, 0.29) is 5.75 Å². The van der Waals surface area contributed by atoms with Gasteiger partial charge in [0.25, 0.3) is 0 Å². The summed E-state index contributed by atoms with van der Waals surface area (Å²) >= 11 is 6.13. The molecule has 0 bridgehead atoms. The molecule has 0 fully saturated rings. The predicted molar refractivity (Wildman–Crippen MR) is 137 cm³/mol. The fourth-order valence-electron chi connectivity index (χ4n) is 3.66. The number of aryl methyl sites for hydroxylation is 1. The van der Waals surface area contributed by atoms with Crippen LogP contribution in [0.3, 0.4) is 0 Å². The van der Waals surface area contributed by atoms with Crippen molar-refractivity contribution in [3.8, 4) is 5.75 Å². The highest BCUT2D eigenvalue weighted by Gasteiger charge is 2.30. The van der Waals surface area contributed by atoms with E-state index in [0.29, 0.717) is 10.6 Å². The van der Waals surface area contributed by atoms with E-state index in [4.69, 9.17) is 16.6 Å². The first kappa shape index (κ1) is 23.0. The first-order chi connectivity index (χ1) is 16.0. The Morgan fingerprint density at radius 3 is 2.09 bits per heavy atom. The Balaban J connectivity index is 1.84. The van der Waals surface area contributed by atoms with Crippen LogP contribution in [0.4, 0.5) is 0 Å². The van der Waals surface area contributed by atoms with Gasteiger partial charge in [0, 0.05) is 21.7 Å². The van der Waals surface area contributed by atoms with Crippen LogP contribution in [0.15, 0.2) is 113 Å². The van der Waals surface area contributed by atoms with Crippen LogP contribution in [-0.4, -0.2) is 15.5 Å². The van der Waals surface area contributed by atoms with Crippen molar-refractivity contribution in [2.24, 2.45) is 4.99 Å². The highest BCUT2D eigenvalue weighted by molar-refractivity contribution is 7.85. The predicted octanol–water partition coefficient (Wildman–Crippen LogP) is 7.06. The van der Waals surface area contributed by atoms with Gasteiger partial charge in [-0.3, -0.25) is 9.20 Å². The molecule has 4 aromatic rings. The number of nitrogens with zero attached hydrogens (tertiary/aromatic N) is 1. The molecule has 0 aliphatic heterocycles. The summed E-state index contributed by atoms with van der Waals surface area (Å²) in [4.78, 5) is 5.62. The Kier molecular flexibility index (Phi) is 7.38. The maximum absolute atomic E-state index is 14.0. The smallest absolute Gasteiger partial charge is 0.124 e. The maximum Gasteiger partial charge on any atom is 0.124 e. The van der Waals surface area contributed by atoms with E-state index < -0.39 is 22.1 Å². The van der Waals surface area contributed by atoms with Gasteiger partial charge in [-0.2, -0.15) is 0 Å². The lowest BCUT2D eigenvalue weighted by Gasteiger charge is -2.25. The highest BCUT2D eigenvalue weighted by atomic mass is 35.5. The van der Waals surface area contributed by atoms with Gasteiger partial charge in [0.05, 0.1) is 22.1 Å². The molecule has 0 spiro atoms.